The molecule has 0 fully saturated rings. The average Bonchev–Trinajstić information content (AvgIpc) is 2.96. The third-order valence-electron chi connectivity index (χ3n) is 4.22. The number of hydrogen-bond donors (Lipinski definition) is 0. The van der Waals surface area contributed by atoms with Crippen LogP contribution in [0.3, 0.4) is 0 Å². The van der Waals surface area contributed by atoms with E-state index in [0.29, 0.717) is 0 Å². The first-order valence-corrected chi connectivity index (χ1v) is 8.17. The number of para-hydroxylation sites is 2. The van der Waals surface area contributed by atoms with Gasteiger partial charge in [0.1, 0.15) is 5.82 Å². The monoisotopic (exact) mass is 314 g/mol. The summed E-state index contributed by atoms with van der Waals surface area (Å²) in [7, 11) is 2.07. The molecule has 0 radical (unpaired) electrons. The number of aromatic nitrogens is 2. The topological polar surface area (TPSA) is 17.8 Å². The van der Waals surface area contributed by atoms with Gasteiger partial charge in [-0.2, -0.15) is 0 Å². The molecular weight excluding hydrogens is 292 g/mol. The van der Waals surface area contributed by atoms with Gasteiger partial charge in [-0.3, -0.25) is 0 Å². The third-order valence-corrected chi connectivity index (χ3v) is 4.22. The lowest BCUT2D eigenvalue weighted by atomic mass is 10.0. The zero-order valence-corrected chi connectivity index (χ0v) is 14.2. The van der Waals surface area contributed by atoms with Crippen LogP contribution in [-0.2, 0) is 7.05 Å². The summed E-state index contributed by atoms with van der Waals surface area (Å²) in [6.07, 6.45) is 9.02. The summed E-state index contributed by atoms with van der Waals surface area (Å²) in [4.78, 5) is 4.76. The molecule has 3 aromatic rings. The van der Waals surface area contributed by atoms with Crippen molar-refractivity contribution in [3.8, 4) is 11.4 Å². The molecular formula is C22H22N2. The van der Waals surface area contributed by atoms with Crippen molar-refractivity contribution in [2.75, 3.05) is 0 Å². The van der Waals surface area contributed by atoms with Crippen LogP contribution in [-0.4, -0.2) is 9.55 Å². The second-order valence-electron chi connectivity index (χ2n) is 5.85. The van der Waals surface area contributed by atoms with E-state index in [-0.39, 0.29) is 0 Å². The number of aryl methyl sites for hydroxylation is 1. The van der Waals surface area contributed by atoms with Crippen LogP contribution >= 0.6 is 0 Å². The van der Waals surface area contributed by atoms with Crippen LogP contribution in [0.15, 0.2) is 79.4 Å². The van der Waals surface area contributed by atoms with Crippen LogP contribution in [0.2, 0.25) is 0 Å². The van der Waals surface area contributed by atoms with Gasteiger partial charge in [-0.25, -0.2) is 4.98 Å². The van der Waals surface area contributed by atoms with Crippen molar-refractivity contribution in [3.63, 3.8) is 0 Å². The molecule has 2 heteroatoms. The van der Waals surface area contributed by atoms with E-state index in [4.69, 9.17) is 4.98 Å². The fraction of sp³-hybridized carbons (Fsp3) is 0.136. The van der Waals surface area contributed by atoms with Crippen LogP contribution in [0.4, 0.5) is 0 Å². The minimum absolute atomic E-state index is 0.921. The molecule has 0 bridgehead atoms. The Hall–Kier alpha value is -2.87. The molecule has 0 aliphatic rings. The van der Waals surface area contributed by atoms with Crippen LogP contribution in [0.25, 0.3) is 28.0 Å². The van der Waals surface area contributed by atoms with E-state index in [1.165, 1.54) is 11.1 Å². The Morgan fingerprint density at radius 3 is 2.58 bits per heavy atom. The predicted molar refractivity (Wildman–Crippen MR) is 104 cm³/mol. The van der Waals surface area contributed by atoms with Crippen molar-refractivity contribution in [1.29, 1.82) is 0 Å². The number of allylic oxidation sites excluding steroid dienone is 5. The molecule has 24 heavy (non-hydrogen) atoms. The highest BCUT2D eigenvalue weighted by atomic mass is 15.1. The van der Waals surface area contributed by atoms with Gasteiger partial charge in [-0.05, 0) is 36.6 Å². The quantitative estimate of drug-likeness (QED) is 0.546. The maximum Gasteiger partial charge on any atom is 0.140 e. The molecule has 0 unspecified atom stereocenters. The van der Waals surface area contributed by atoms with Gasteiger partial charge in [0.15, 0.2) is 0 Å². The van der Waals surface area contributed by atoms with Gasteiger partial charge in [0, 0.05) is 12.6 Å². The molecule has 0 amide bonds. The van der Waals surface area contributed by atoms with E-state index in [2.05, 4.69) is 73.7 Å². The number of fused-ring (bicyclic) bond motifs is 1. The van der Waals surface area contributed by atoms with E-state index >= 15 is 0 Å². The number of hydrogen-bond acceptors (Lipinski definition) is 1. The van der Waals surface area contributed by atoms with Crippen LogP contribution in [0.1, 0.15) is 18.9 Å². The van der Waals surface area contributed by atoms with Gasteiger partial charge in [-0.15, -0.1) is 0 Å². The van der Waals surface area contributed by atoms with E-state index in [1.807, 2.05) is 18.2 Å². The smallest absolute Gasteiger partial charge is 0.140 e. The summed E-state index contributed by atoms with van der Waals surface area (Å²) in [5.41, 5.74) is 5.84. The van der Waals surface area contributed by atoms with E-state index in [9.17, 15) is 0 Å². The molecule has 0 aliphatic heterocycles. The molecule has 1 aromatic heterocycles. The summed E-state index contributed by atoms with van der Waals surface area (Å²) in [5, 5.41) is 0. The Morgan fingerprint density at radius 2 is 1.88 bits per heavy atom. The standard InChI is InChI=1S/C22H22N2/c1-4-5-6-7-10-17(2)18-13-15-19(16-14-18)22-23-20-11-8-9-12-21(20)24(22)3/h4-6,8-16H,1,7H2,2-3H3/b6-5+,17-10+. The molecule has 0 aliphatic carbocycles. The van der Waals surface area contributed by atoms with Crippen molar-refractivity contribution in [1.82, 2.24) is 9.55 Å². The Kier molecular flexibility index (Phi) is 4.76. The fourth-order valence-corrected chi connectivity index (χ4v) is 2.82. The number of benzene rings is 2. The molecule has 3 rings (SSSR count). The molecule has 120 valence electrons. The molecule has 2 aromatic carbocycles. The molecule has 2 nitrogen and oxygen atoms in total. The first-order valence-electron chi connectivity index (χ1n) is 8.17. The van der Waals surface area contributed by atoms with Crippen molar-refractivity contribution >= 4 is 16.6 Å². The summed E-state index contributed by atoms with van der Waals surface area (Å²) >= 11 is 0. The number of imidazole rings is 1. The van der Waals surface area contributed by atoms with Crippen molar-refractivity contribution < 1.29 is 0 Å². The second-order valence-corrected chi connectivity index (χ2v) is 5.85. The third kappa shape index (κ3) is 3.23. The van der Waals surface area contributed by atoms with Crippen LogP contribution in [0, 0.1) is 0 Å². The molecule has 0 atom stereocenters. The van der Waals surface area contributed by atoms with Gasteiger partial charge >= 0.3 is 0 Å². The van der Waals surface area contributed by atoms with Crippen molar-refractivity contribution in [2.45, 2.75) is 13.3 Å². The number of nitrogens with zero attached hydrogens (tertiary/aromatic N) is 2. The van der Waals surface area contributed by atoms with Crippen molar-refractivity contribution in [3.05, 3.63) is 85.0 Å². The highest BCUT2D eigenvalue weighted by molar-refractivity contribution is 5.80. The Balaban J connectivity index is 1.87. The Bertz CT molecular complexity index is 909. The number of rotatable bonds is 5. The zero-order valence-electron chi connectivity index (χ0n) is 14.2. The minimum atomic E-state index is 0.921. The minimum Gasteiger partial charge on any atom is -0.327 e. The highest BCUT2D eigenvalue weighted by Crippen LogP contribution is 2.25. The van der Waals surface area contributed by atoms with Gasteiger partial charge < -0.3 is 4.57 Å². The summed E-state index contributed by atoms with van der Waals surface area (Å²) < 4.78 is 2.15. The molecule has 0 spiro atoms. The molecule has 0 saturated carbocycles. The van der Waals surface area contributed by atoms with E-state index < -0.39 is 0 Å². The maximum atomic E-state index is 4.76. The lowest BCUT2D eigenvalue weighted by Crippen LogP contribution is -1.92. The molecule has 0 N–H and O–H groups in total. The Labute approximate surface area is 143 Å². The Morgan fingerprint density at radius 1 is 1.12 bits per heavy atom. The van der Waals surface area contributed by atoms with Crippen LogP contribution in [0.5, 0.6) is 0 Å². The highest BCUT2D eigenvalue weighted by Gasteiger charge is 2.09. The molecule has 1 heterocycles. The van der Waals surface area contributed by atoms with E-state index in [1.54, 1.807) is 6.08 Å². The van der Waals surface area contributed by atoms with E-state index in [0.717, 1.165) is 28.8 Å². The molecule has 0 saturated heterocycles. The largest absolute Gasteiger partial charge is 0.327 e. The zero-order chi connectivity index (χ0) is 16.9. The van der Waals surface area contributed by atoms with Gasteiger partial charge in [0.2, 0.25) is 0 Å². The fourth-order valence-electron chi connectivity index (χ4n) is 2.82. The normalized spacial score (nSPS) is 12.2. The van der Waals surface area contributed by atoms with Gasteiger partial charge in [-0.1, -0.05) is 67.3 Å². The predicted octanol–water partition coefficient (Wildman–Crippen LogP) is 5.78. The summed E-state index contributed by atoms with van der Waals surface area (Å²) in [6, 6.07) is 16.8. The van der Waals surface area contributed by atoms with Crippen LogP contribution < -0.4 is 0 Å². The summed E-state index contributed by atoms with van der Waals surface area (Å²) in [6.45, 7) is 5.83. The first-order chi connectivity index (χ1) is 11.7. The second kappa shape index (κ2) is 7.14. The SMILES string of the molecule is C=C/C=C/C/C=C(\C)c1ccc(-c2nc3ccccc3n2C)cc1. The average molecular weight is 314 g/mol. The lowest BCUT2D eigenvalue weighted by molar-refractivity contribution is 0.959. The lowest BCUT2D eigenvalue weighted by Gasteiger charge is -2.05. The van der Waals surface area contributed by atoms with Gasteiger partial charge in [0.05, 0.1) is 11.0 Å². The van der Waals surface area contributed by atoms with Crippen molar-refractivity contribution in [2.24, 2.45) is 7.05 Å². The summed E-state index contributed by atoms with van der Waals surface area (Å²) in [5.74, 6) is 0.998. The first kappa shape index (κ1) is 16.0. The van der Waals surface area contributed by atoms with Gasteiger partial charge in [0.25, 0.3) is 0 Å². The maximum absolute atomic E-state index is 4.76.